The largest absolute Gasteiger partial charge is 0.314 e. The molecular formula is C9H16O5S. The van der Waals surface area contributed by atoms with Gasteiger partial charge in [-0.1, -0.05) is 19.3 Å². The van der Waals surface area contributed by atoms with Crippen LogP contribution in [0.4, 0.5) is 0 Å². The molecule has 1 unspecified atom stereocenters. The summed E-state index contributed by atoms with van der Waals surface area (Å²) in [4.78, 5) is 0. The second-order valence-electron chi connectivity index (χ2n) is 3.68. The Morgan fingerprint density at radius 1 is 1.20 bits per heavy atom. The highest BCUT2D eigenvalue weighted by molar-refractivity contribution is 7.80. The van der Waals surface area contributed by atoms with Crippen LogP contribution >= 0.6 is 0 Å². The summed E-state index contributed by atoms with van der Waals surface area (Å²) in [5.41, 5.74) is 0. The third-order valence-electron chi connectivity index (χ3n) is 2.50. The molecule has 0 spiro atoms. The lowest BCUT2D eigenvalue weighted by atomic mass is 9.98. The van der Waals surface area contributed by atoms with Crippen molar-refractivity contribution in [3.8, 4) is 0 Å². The first-order valence-corrected chi connectivity index (χ1v) is 6.49. The van der Waals surface area contributed by atoms with Crippen LogP contribution in [0.15, 0.2) is 0 Å². The Morgan fingerprint density at radius 2 is 1.93 bits per heavy atom. The van der Waals surface area contributed by atoms with Crippen molar-refractivity contribution in [2.24, 2.45) is 0 Å². The summed E-state index contributed by atoms with van der Waals surface area (Å²) in [6, 6.07) is 0. The molecule has 0 amide bonds. The molecule has 0 aromatic carbocycles. The van der Waals surface area contributed by atoms with Gasteiger partial charge in [-0.3, -0.25) is 4.18 Å². The fourth-order valence-electron chi connectivity index (χ4n) is 1.67. The second kappa shape index (κ2) is 5.91. The van der Waals surface area contributed by atoms with E-state index in [1.54, 1.807) is 0 Å². The minimum Gasteiger partial charge on any atom is -0.314 e. The molecule has 0 aromatic heterocycles. The highest BCUT2D eigenvalue weighted by Crippen LogP contribution is 2.21. The molecule has 5 nitrogen and oxygen atoms in total. The summed E-state index contributed by atoms with van der Waals surface area (Å²) in [5.74, 6) is 0.0150. The van der Waals surface area contributed by atoms with Gasteiger partial charge in [-0.2, -0.15) is 0 Å². The molecule has 6 heteroatoms. The molecule has 88 valence electrons. The standard InChI is InChI=1S/C9H16O5S/c10-15(7-13-9-11-6-12-9)14-8-4-2-1-3-5-8/h8-9H,1-7H2. The molecule has 0 N–H and O–H groups in total. The van der Waals surface area contributed by atoms with E-state index in [4.69, 9.17) is 18.4 Å². The number of ether oxygens (including phenoxy) is 3. The van der Waals surface area contributed by atoms with Crippen LogP contribution in [0.2, 0.25) is 0 Å². The van der Waals surface area contributed by atoms with Crippen LogP contribution in [0.1, 0.15) is 32.1 Å². The summed E-state index contributed by atoms with van der Waals surface area (Å²) in [5, 5.41) is 0. The molecule has 15 heavy (non-hydrogen) atoms. The maximum atomic E-state index is 11.4. The van der Waals surface area contributed by atoms with Crippen molar-refractivity contribution in [2.75, 3.05) is 12.7 Å². The van der Waals surface area contributed by atoms with E-state index in [-0.39, 0.29) is 18.8 Å². The number of hydrogen-bond donors (Lipinski definition) is 0. The average Bonchev–Trinajstić information content (AvgIpc) is 2.17. The van der Waals surface area contributed by atoms with E-state index in [0.29, 0.717) is 0 Å². The molecule has 1 aliphatic carbocycles. The van der Waals surface area contributed by atoms with Crippen molar-refractivity contribution in [2.45, 2.75) is 44.7 Å². The van der Waals surface area contributed by atoms with Gasteiger partial charge in [0.15, 0.2) is 23.8 Å². The maximum absolute atomic E-state index is 11.4. The van der Waals surface area contributed by atoms with Crippen LogP contribution in [-0.2, 0) is 29.5 Å². The maximum Gasteiger partial charge on any atom is 0.276 e. The number of rotatable bonds is 5. The normalized spacial score (nSPS) is 26.1. The van der Waals surface area contributed by atoms with Gasteiger partial charge in [0.05, 0.1) is 6.10 Å². The predicted molar refractivity (Wildman–Crippen MR) is 52.9 cm³/mol. The Kier molecular flexibility index (Phi) is 4.52. The zero-order chi connectivity index (χ0) is 10.5. The fourth-order valence-corrected chi connectivity index (χ4v) is 2.45. The van der Waals surface area contributed by atoms with E-state index in [9.17, 15) is 4.21 Å². The molecule has 1 saturated carbocycles. The molecular weight excluding hydrogens is 220 g/mol. The molecule has 1 saturated heterocycles. The lowest BCUT2D eigenvalue weighted by Gasteiger charge is -2.26. The third kappa shape index (κ3) is 3.81. The molecule has 0 radical (unpaired) electrons. The van der Waals surface area contributed by atoms with Gasteiger partial charge in [-0.15, -0.1) is 0 Å². The van der Waals surface area contributed by atoms with Crippen LogP contribution in [0, 0.1) is 0 Å². The lowest BCUT2D eigenvalue weighted by Crippen LogP contribution is -2.34. The van der Waals surface area contributed by atoms with Crippen LogP contribution in [0.5, 0.6) is 0 Å². The predicted octanol–water partition coefficient (Wildman–Crippen LogP) is 1.26. The van der Waals surface area contributed by atoms with Crippen molar-refractivity contribution in [1.29, 1.82) is 0 Å². The molecule has 2 aliphatic rings. The molecule has 2 fully saturated rings. The van der Waals surface area contributed by atoms with Gasteiger partial charge >= 0.3 is 0 Å². The Balaban J connectivity index is 1.58. The Morgan fingerprint density at radius 3 is 2.53 bits per heavy atom. The smallest absolute Gasteiger partial charge is 0.276 e. The highest BCUT2D eigenvalue weighted by Gasteiger charge is 2.22. The fraction of sp³-hybridized carbons (Fsp3) is 1.00. The van der Waals surface area contributed by atoms with E-state index in [1.807, 2.05) is 0 Å². The average molecular weight is 236 g/mol. The SMILES string of the molecule is O=S(COC1OCO1)OC1CCCCC1. The van der Waals surface area contributed by atoms with Gasteiger partial charge < -0.3 is 14.2 Å². The zero-order valence-corrected chi connectivity index (χ0v) is 9.37. The van der Waals surface area contributed by atoms with E-state index in [0.717, 1.165) is 25.7 Å². The summed E-state index contributed by atoms with van der Waals surface area (Å²) in [6.07, 6.45) is 5.72. The van der Waals surface area contributed by atoms with Gasteiger partial charge in [0.2, 0.25) is 0 Å². The zero-order valence-electron chi connectivity index (χ0n) is 8.55. The van der Waals surface area contributed by atoms with Crippen molar-refractivity contribution in [3.05, 3.63) is 0 Å². The molecule has 1 heterocycles. The minimum absolute atomic E-state index is 0.0150. The highest BCUT2D eigenvalue weighted by atomic mass is 32.2. The van der Waals surface area contributed by atoms with Crippen LogP contribution < -0.4 is 0 Å². The van der Waals surface area contributed by atoms with Crippen LogP contribution in [0.3, 0.4) is 0 Å². The summed E-state index contributed by atoms with van der Waals surface area (Å²) in [6.45, 7) is -0.398. The Hall–Kier alpha value is -0.0100. The molecule has 1 aliphatic heterocycles. The van der Waals surface area contributed by atoms with Crippen molar-refractivity contribution < 1.29 is 22.6 Å². The van der Waals surface area contributed by atoms with Gasteiger partial charge in [-0.25, -0.2) is 4.21 Å². The number of hydrogen-bond acceptors (Lipinski definition) is 5. The van der Waals surface area contributed by atoms with Gasteiger partial charge in [0.25, 0.3) is 6.48 Å². The summed E-state index contributed by atoms with van der Waals surface area (Å²) < 4.78 is 31.4. The van der Waals surface area contributed by atoms with Gasteiger partial charge in [0, 0.05) is 0 Å². The van der Waals surface area contributed by atoms with Crippen LogP contribution in [0.25, 0.3) is 0 Å². The minimum atomic E-state index is -1.39. The van der Waals surface area contributed by atoms with Crippen molar-refractivity contribution >= 4 is 11.1 Å². The van der Waals surface area contributed by atoms with Gasteiger partial charge in [0.1, 0.15) is 0 Å². The first-order chi connectivity index (χ1) is 7.34. The Bertz CT molecular complexity index is 213. The molecule has 2 rings (SSSR count). The quantitative estimate of drug-likeness (QED) is 0.719. The van der Waals surface area contributed by atoms with Crippen LogP contribution in [-0.4, -0.2) is 29.5 Å². The first kappa shape index (κ1) is 11.5. The molecule has 0 bridgehead atoms. The van der Waals surface area contributed by atoms with E-state index < -0.39 is 17.6 Å². The van der Waals surface area contributed by atoms with E-state index in [2.05, 4.69) is 0 Å². The summed E-state index contributed by atoms with van der Waals surface area (Å²) >= 11 is -1.39. The summed E-state index contributed by atoms with van der Waals surface area (Å²) in [7, 11) is 0. The second-order valence-corrected chi connectivity index (χ2v) is 4.72. The van der Waals surface area contributed by atoms with Gasteiger partial charge in [-0.05, 0) is 12.8 Å². The lowest BCUT2D eigenvalue weighted by molar-refractivity contribution is -0.416. The monoisotopic (exact) mass is 236 g/mol. The first-order valence-electron chi connectivity index (χ1n) is 5.25. The molecule has 1 atom stereocenters. The van der Waals surface area contributed by atoms with E-state index >= 15 is 0 Å². The van der Waals surface area contributed by atoms with E-state index in [1.165, 1.54) is 6.42 Å². The topological polar surface area (TPSA) is 54.0 Å². The molecule has 0 aromatic rings. The van der Waals surface area contributed by atoms with Crippen molar-refractivity contribution in [1.82, 2.24) is 0 Å². The van der Waals surface area contributed by atoms with Crippen molar-refractivity contribution in [3.63, 3.8) is 0 Å². The third-order valence-corrected chi connectivity index (χ3v) is 3.32. The Labute approximate surface area is 91.7 Å².